The minimum atomic E-state index is -0.316. The Bertz CT molecular complexity index is 667. The van der Waals surface area contributed by atoms with Gasteiger partial charge in [0.2, 0.25) is 0 Å². The summed E-state index contributed by atoms with van der Waals surface area (Å²) in [6.07, 6.45) is 0.653. The van der Waals surface area contributed by atoms with Crippen LogP contribution in [0.1, 0.15) is 15.5 Å². The zero-order valence-electron chi connectivity index (χ0n) is 13.1. The minimum absolute atomic E-state index is 0. The van der Waals surface area contributed by atoms with E-state index in [1.165, 1.54) is 11.3 Å². The van der Waals surface area contributed by atoms with Crippen LogP contribution in [-0.4, -0.2) is 37.8 Å². The van der Waals surface area contributed by atoms with Crippen LogP contribution in [0.15, 0.2) is 23.6 Å². The largest absolute Gasteiger partial charge is 0.487 e. The monoisotopic (exact) mass is 391 g/mol. The van der Waals surface area contributed by atoms with Gasteiger partial charge in [-0.05, 0) is 18.7 Å². The topological polar surface area (TPSA) is 86.5 Å². The average Bonchev–Trinajstić information content (AvgIpc) is 2.99. The highest BCUT2D eigenvalue weighted by atomic mass is 35.5. The van der Waals surface area contributed by atoms with Gasteiger partial charge in [-0.2, -0.15) is 0 Å². The molecule has 2 rings (SSSR count). The number of carbonyl (C=O) groups is 1. The van der Waals surface area contributed by atoms with E-state index in [-0.39, 0.29) is 18.3 Å². The van der Waals surface area contributed by atoms with Crippen molar-refractivity contribution >= 4 is 46.9 Å². The molecule has 132 valence electrons. The van der Waals surface area contributed by atoms with Crippen LogP contribution in [0.4, 0.5) is 5.69 Å². The van der Waals surface area contributed by atoms with Crippen LogP contribution in [-0.2, 0) is 11.2 Å². The third-order valence-corrected chi connectivity index (χ3v) is 4.10. The molecule has 0 fully saturated rings. The lowest BCUT2D eigenvalue weighted by Gasteiger charge is -2.13. The second-order valence-electron chi connectivity index (χ2n) is 4.58. The van der Waals surface area contributed by atoms with Gasteiger partial charge in [-0.1, -0.05) is 17.7 Å². The van der Waals surface area contributed by atoms with Crippen LogP contribution in [0.25, 0.3) is 0 Å². The van der Waals surface area contributed by atoms with Crippen LogP contribution in [0.5, 0.6) is 5.75 Å². The number of rotatable bonds is 8. The van der Waals surface area contributed by atoms with Gasteiger partial charge in [0.15, 0.2) is 5.75 Å². The highest BCUT2D eigenvalue weighted by molar-refractivity contribution is 7.09. The number of methoxy groups -OCH3 is 1. The SMILES string of the molecule is COCCOc1c(Cl)cccc1NC(=O)c1csc(CCN)n1.Cl. The average molecular weight is 392 g/mol. The van der Waals surface area contributed by atoms with Crippen molar-refractivity contribution in [1.82, 2.24) is 4.98 Å². The van der Waals surface area contributed by atoms with Crippen LogP contribution < -0.4 is 15.8 Å². The fourth-order valence-corrected chi connectivity index (χ4v) is 2.84. The Hall–Kier alpha value is -1.38. The van der Waals surface area contributed by atoms with Crippen LogP contribution in [0.3, 0.4) is 0 Å². The number of nitrogens with one attached hydrogen (secondary N) is 1. The molecule has 0 bridgehead atoms. The number of hydrogen-bond donors (Lipinski definition) is 2. The fourth-order valence-electron chi connectivity index (χ4n) is 1.82. The maximum atomic E-state index is 12.3. The number of halogens is 2. The summed E-state index contributed by atoms with van der Waals surface area (Å²) < 4.78 is 10.5. The molecule has 0 aliphatic carbocycles. The number of nitrogens with zero attached hydrogens (tertiary/aromatic N) is 1. The summed E-state index contributed by atoms with van der Waals surface area (Å²) in [5.41, 5.74) is 6.33. The van der Waals surface area contributed by atoms with Gasteiger partial charge in [-0.3, -0.25) is 4.79 Å². The number of hydrogen-bond acceptors (Lipinski definition) is 6. The van der Waals surface area contributed by atoms with Gasteiger partial charge >= 0.3 is 0 Å². The third kappa shape index (κ3) is 5.61. The van der Waals surface area contributed by atoms with E-state index < -0.39 is 0 Å². The standard InChI is InChI=1S/C15H18ClN3O3S.ClH/c1-21-7-8-22-14-10(16)3-2-4-11(14)19-15(20)12-9-23-13(18-12)5-6-17;/h2-4,9H,5-8,17H2,1H3,(H,19,20);1H. The van der Waals surface area contributed by atoms with Gasteiger partial charge in [0, 0.05) is 18.9 Å². The van der Waals surface area contributed by atoms with E-state index in [4.69, 9.17) is 26.8 Å². The van der Waals surface area contributed by atoms with E-state index in [0.29, 0.717) is 48.3 Å². The number of ether oxygens (including phenoxy) is 2. The summed E-state index contributed by atoms with van der Waals surface area (Å²) in [5, 5.41) is 5.73. The summed E-state index contributed by atoms with van der Waals surface area (Å²) in [6.45, 7) is 1.26. The zero-order valence-corrected chi connectivity index (χ0v) is 15.5. The Morgan fingerprint density at radius 2 is 2.21 bits per heavy atom. The first-order valence-electron chi connectivity index (χ1n) is 7.01. The molecule has 0 atom stereocenters. The minimum Gasteiger partial charge on any atom is -0.487 e. The van der Waals surface area contributed by atoms with E-state index >= 15 is 0 Å². The molecular formula is C15H19Cl2N3O3S. The number of aromatic nitrogens is 1. The van der Waals surface area contributed by atoms with Gasteiger partial charge in [0.1, 0.15) is 12.3 Å². The second kappa shape index (κ2) is 10.5. The first-order valence-corrected chi connectivity index (χ1v) is 8.27. The highest BCUT2D eigenvalue weighted by Crippen LogP contribution is 2.33. The van der Waals surface area contributed by atoms with Crippen molar-refractivity contribution in [2.24, 2.45) is 5.73 Å². The number of benzene rings is 1. The molecule has 9 heteroatoms. The molecule has 6 nitrogen and oxygen atoms in total. The van der Waals surface area contributed by atoms with E-state index in [0.717, 1.165) is 5.01 Å². The quantitative estimate of drug-likeness (QED) is 0.675. The number of anilines is 1. The van der Waals surface area contributed by atoms with Crippen molar-refractivity contribution in [3.05, 3.63) is 39.3 Å². The van der Waals surface area contributed by atoms with Crippen molar-refractivity contribution in [2.75, 3.05) is 32.2 Å². The Morgan fingerprint density at radius 1 is 1.42 bits per heavy atom. The summed E-state index contributed by atoms with van der Waals surface area (Å²) in [4.78, 5) is 16.6. The molecule has 2 aromatic rings. The number of carbonyl (C=O) groups excluding carboxylic acids is 1. The van der Waals surface area contributed by atoms with Crippen molar-refractivity contribution < 1.29 is 14.3 Å². The van der Waals surface area contributed by atoms with Gasteiger partial charge in [0.25, 0.3) is 5.91 Å². The van der Waals surface area contributed by atoms with Crippen molar-refractivity contribution in [1.29, 1.82) is 0 Å². The Labute approximate surface area is 155 Å². The van der Waals surface area contributed by atoms with Crippen LogP contribution in [0.2, 0.25) is 5.02 Å². The Kier molecular flexibility index (Phi) is 9.02. The lowest BCUT2D eigenvalue weighted by Crippen LogP contribution is -2.14. The first kappa shape index (κ1) is 20.7. The third-order valence-electron chi connectivity index (χ3n) is 2.89. The molecule has 0 radical (unpaired) electrons. The van der Waals surface area contributed by atoms with E-state index in [2.05, 4.69) is 10.3 Å². The molecule has 24 heavy (non-hydrogen) atoms. The van der Waals surface area contributed by atoms with Crippen LogP contribution >= 0.6 is 35.3 Å². The first-order chi connectivity index (χ1) is 11.2. The molecule has 0 saturated carbocycles. The molecular weight excluding hydrogens is 373 g/mol. The van der Waals surface area contributed by atoms with Crippen molar-refractivity contribution in [3.63, 3.8) is 0 Å². The second-order valence-corrected chi connectivity index (χ2v) is 5.93. The lowest BCUT2D eigenvalue weighted by atomic mass is 10.2. The molecule has 0 aliphatic rings. The van der Waals surface area contributed by atoms with E-state index in [1.807, 2.05) is 0 Å². The van der Waals surface area contributed by atoms with Gasteiger partial charge < -0.3 is 20.5 Å². The fraction of sp³-hybridized carbons (Fsp3) is 0.333. The summed E-state index contributed by atoms with van der Waals surface area (Å²) in [7, 11) is 1.58. The normalized spacial score (nSPS) is 10.1. The van der Waals surface area contributed by atoms with Gasteiger partial charge in [-0.15, -0.1) is 23.7 Å². The van der Waals surface area contributed by atoms with Crippen molar-refractivity contribution in [2.45, 2.75) is 6.42 Å². The maximum Gasteiger partial charge on any atom is 0.275 e. The predicted octanol–water partition coefficient (Wildman–Crippen LogP) is 3.00. The Balaban J connectivity index is 0.00000288. The molecule has 0 saturated heterocycles. The maximum absolute atomic E-state index is 12.3. The number of thiazole rings is 1. The molecule has 1 amide bonds. The molecule has 3 N–H and O–H groups in total. The highest BCUT2D eigenvalue weighted by Gasteiger charge is 2.15. The summed E-state index contributed by atoms with van der Waals surface area (Å²) >= 11 is 7.55. The summed E-state index contributed by atoms with van der Waals surface area (Å²) in [5.74, 6) is 0.0976. The number of amides is 1. The van der Waals surface area contributed by atoms with E-state index in [1.54, 1.807) is 30.7 Å². The molecule has 1 heterocycles. The lowest BCUT2D eigenvalue weighted by molar-refractivity contribution is 0.102. The molecule has 0 unspecified atom stereocenters. The molecule has 0 spiro atoms. The van der Waals surface area contributed by atoms with Crippen molar-refractivity contribution in [3.8, 4) is 5.75 Å². The smallest absolute Gasteiger partial charge is 0.275 e. The van der Waals surface area contributed by atoms with E-state index in [9.17, 15) is 4.79 Å². The predicted molar refractivity (Wildman–Crippen MR) is 98.9 cm³/mol. The van der Waals surface area contributed by atoms with Gasteiger partial charge in [-0.25, -0.2) is 4.98 Å². The number of nitrogens with two attached hydrogens (primary N) is 1. The van der Waals surface area contributed by atoms with Crippen LogP contribution in [0, 0.1) is 0 Å². The molecule has 1 aromatic heterocycles. The Morgan fingerprint density at radius 3 is 2.92 bits per heavy atom. The summed E-state index contributed by atoms with van der Waals surface area (Å²) in [6, 6.07) is 5.16. The van der Waals surface area contributed by atoms with Gasteiger partial charge in [0.05, 0.1) is 22.3 Å². The molecule has 1 aromatic carbocycles. The molecule has 0 aliphatic heterocycles. The number of para-hydroxylation sites is 1. The zero-order chi connectivity index (χ0) is 16.7.